The molecule has 8 nitrogen and oxygen atoms in total. The zero-order valence-electron chi connectivity index (χ0n) is 20.8. The molecular weight excluding hydrogens is 459 g/mol. The predicted octanol–water partition coefficient (Wildman–Crippen LogP) is 3.57. The van der Waals surface area contributed by atoms with Gasteiger partial charge in [0.2, 0.25) is 17.6 Å². The largest absolute Gasteiger partial charge is 0.354 e. The van der Waals surface area contributed by atoms with E-state index < -0.39 is 0 Å². The highest BCUT2D eigenvalue weighted by atomic mass is 19.1. The Morgan fingerprint density at radius 1 is 1.14 bits per heavy atom. The number of carbonyl (C=O) groups is 1. The molecule has 1 unspecified atom stereocenters. The smallest absolute Gasteiger partial charge is 0.227 e. The molecule has 0 N–H and O–H groups in total. The van der Waals surface area contributed by atoms with Crippen LogP contribution in [0.2, 0.25) is 0 Å². The summed E-state index contributed by atoms with van der Waals surface area (Å²) < 4.78 is 18.9. The van der Waals surface area contributed by atoms with Crippen LogP contribution in [-0.4, -0.2) is 76.6 Å². The van der Waals surface area contributed by atoms with Crippen LogP contribution in [0.4, 0.5) is 10.2 Å². The monoisotopic (exact) mass is 492 g/mol. The molecule has 9 heteroatoms. The van der Waals surface area contributed by atoms with E-state index in [1.165, 1.54) is 6.07 Å². The van der Waals surface area contributed by atoms with Crippen LogP contribution in [0.25, 0.3) is 11.4 Å². The van der Waals surface area contributed by atoms with Gasteiger partial charge in [-0.3, -0.25) is 9.69 Å². The number of piperazine rings is 1. The van der Waals surface area contributed by atoms with Gasteiger partial charge in [-0.2, -0.15) is 4.98 Å². The lowest BCUT2D eigenvalue weighted by atomic mass is 9.96. The molecule has 3 aromatic rings. The van der Waals surface area contributed by atoms with Crippen LogP contribution < -0.4 is 4.90 Å². The van der Waals surface area contributed by atoms with Crippen molar-refractivity contribution in [3.8, 4) is 11.4 Å². The number of benzene rings is 1. The van der Waals surface area contributed by atoms with Crippen molar-refractivity contribution in [1.82, 2.24) is 24.9 Å². The topological polar surface area (TPSA) is 78.6 Å². The number of aryl methyl sites for hydroxylation is 2. The van der Waals surface area contributed by atoms with Crippen LogP contribution >= 0.6 is 0 Å². The number of piperidine rings is 1. The molecule has 2 aliphatic heterocycles. The number of carbonyl (C=O) groups excluding carboxylic acids is 1. The van der Waals surface area contributed by atoms with Crippen molar-refractivity contribution in [3.05, 3.63) is 59.9 Å². The van der Waals surface area contributed by atoms with Gasteiger partial charge in [0.25, 0.3) is 0 Å². The Kier molecular flexibility index (Phi) is 7.55. The molecule has 2 aliphatic rings. The van der Waals surface area contributed by atoms with Crippen LogP contribution in [0.3, 0.4) is 0 Å². The average Bonchev–Trinajstić information content (AvgIpc) is 3.39. The fourth-order valence-corrected chi connectivity index (χ4v) is 5.14. The quantitative estimate of drug-likeness (QED) is 0.499. The maximum absolute atomic E-state index is 13.5. The van der Waals surface area contributed by atoms with Crippen LogP contribution in [-0.2, 0) is 11.2 Å². The maximum atomic E-state index is 13.5. The first-order valence-electron chi connectivity index (χ1n) is 12.8. The predicted molar refractivity (Wildman–Crippen MR) is 135 cm³/mol. The number of rotatable bonds is 7. The fourth-order valence-electron chi connectivity index (χ4n) is 5.14. The normalized spacial score (nSPS) is 19.0. The van der Waals surface area contributed by atoms with Crippen LogP contribution in [0.15, 0.2) is 47.1 Å². The minimum Gasteiger partial charge on any atom is -0.354 e. The van der Waals surface area contributed by atoms with Gasteiger partial charge >= 0.3 is 0 Å². The second-order valence-electron chi connectivity index (χ2n) is 9.80. The average molecular weight is 493 g/mol. The molecular formula is C27H33FN6O2. The van der Waals surface area contributed by atoms with Crippen molar-refractivity contribution in [3.63, 3.8) is 0 Å². The molecule has 1 atom stereocenters. The molecule has 5 rings (SSSR count). The number of hydrogen-bond acceptors (Lipinski definition) is 7. The van der Waals surface area contributed by atoms with E-state index in [1.807, 2.05) is 23.2 Å². The summed E-state index contributed by atoms with van der Waals surface area (Å²) in [5.74, 6) is 2.27. The Hall–Kier alpha value is -3.33. The Morgan fingerprint density at radius 2 is 2.00 bits per heavy atom. The molecule has 1 aromatic carbocycles. The molecule has 2 aromatic heterocycles. The zero-order valence-corrected chi connectivity index (χ0v) is 20.8. The summed E-state index contributed by atoms with van der Waals surface area (Å²) in [5, 5.41) is 4.00. The van der Waals surface area contributed by atoms with Crippen molar-refractivity contribution in [2.45, 2.75) is 32.6 Å². The third-order valence-corrected chi connectivity index (χ3v) is 7.17. The number of likely N-dealkylation sites (tertiary alicyclic amines) is 1. The SMILES string of the molecule is Cc1cc(-c2noc(CCC(=O)N3CCCC(CN4CCN(c5ccccn5)CC4)C3)n2)ccc1F. The number of anilines is 1. The van der Waals surface area contributed by atoms with Crippen molar-refractivity contribution in [1.29, 1.82) is 0 Å². The summed E-state index contributed by atoms with van der Waals surface area (Å²) >= 11 is 0. The molecule has 0 bridgehead atoms. The van der Waals surface area contributed by atoms with E-state index in [2.05, 4.69) is 31.0 Å². The summed E-state index contributed by atoms with van der Waals surface area (Å²) in [6, 6.07) is 10.8. The number of pyridine rings is 1. The first kappa shape index (κ1) is 24.4. The van der Waals surface area contributed by atoms with E-state index >= 15 is 0 Å². The maximum Gasteiger partial charge on any atom is 0.227 e. The molecule has 4 heterocycles. The van der Waals surface area contributed by atoms with Gasteiger partial charge in [-0.25, -0.2) is 9.37 Å². The molecule has 190 valence electrons. The van der Waals surface area contributed by atoms with Gasteiger partial charge in [-0.05, 0) is 61.6 Å². The van der Waals surface area contributed by atoms with E-state index in [0.717, 1.165) is 64.5 Å². The molecule has 0 radical (unpaired) electrons. The van der Waals surface area contributed by atoms with E-state index in [9.17, 15) is 9.18 Å². The van der Waals surface area contributed by atoms with Crippen molar-refractivity contribution >= 4 is 11.7 Å². The second kappa shape index (κ2) is 11.2. The van der Waals surface area contributed by atoms with Gasteiger partial charge in [0.05, 0.1) is 0 Å². The van der Waals surface area contributed by atoms with Gasteiger partial charge in [0.1, 0.15) is 11.6 Å². The van der Waals surface area contributed by atoms with Crippen LogP contribution in [0.1, 0.15) is 30.7 Å². The van der Waals surface area contributed by atoms with E-state index in [1.54, 1.807) is 19.1 Å². The molecule has 0 spiro atoms. The number of halogens is 1. The van der Waals surface area contributed by atoms with E-state index in [4.69, 9.17) is 4.52 Å². The highest BCUT2D eigenvalue weighted by Crippen LogP contribution is 2.22. The number of nitrogens with zero attached hydrogens (tertiary/aromatic N) is 6. The van der Waals surface area contributed by atoms with Gasteiger partial charge in [0.15, 0.2) is 0 Å². The Morgan fingerprint density at radius 3 is 2.78 bits per heavy atom. The lowest BCUT2D eigenvalue weighted by molar-refractivity contribution is -0.133. The lowest BCUT2D eigenvalue weighted by Gasteiger charge is -2.39. The lowest BCUT2D eigenvalue weighted by Crippen LogP contribution is -2.50. The molecule has 2 saturated heterocycles. The van der Waals surface area contributed by atoms with Crippen molar-refractivity contribution in [2.24, 2.45) is 5.92 Å². The number of hydrogen-bond donors (Lipinski definition) is 0. The highest BCUT2D eigenvalue weighted by Gasteiger charge is 2.27. The molecule has 2 fully saturated rings. The Balaban J connectivity index is 1.08. The highest BCUT2D eigenvalue weighted by molar-refractivity contribution is 5.76. The van der Waals surface area contributed by atoms with E-state index in [-0.39, 0.29) is 11.7 Å². The third kappa shape index (κ3) is 5.90. The first-order chi connectivity index (χ1) is 17.5. The molecule has 1 amide bonds. The standard InChI is InChI=1S/C27H33FN6O2/c1-20-17-22(7-8-23(20)28)27-30-25(36-31-27)9-10-26(35)34-12-4-5-21(19-34)18-32-13-15-33(16-14-32)24-6-2-3-11-29-24/h2-3,6-8,11,17,21H,4-5,9-10,12-16,18-19H2,1H3. The Bertz CT molecular complexity index is 1160. The summed E-state index contributed by atoms with van der Waals surface area (Å²) in [6.07, 6.45) is 4.80. The second-order valence-corrected chi connectivity index (χ2v) is 9.80. The van der Waals surface area contributed by atoms with Gasteiger partial charge in [-0.15, -0.1) is 0 Å². The molecule has 0 aliphatic carbocycles. The van der Waals surface area contributed by atoms with Gasteiger partial charge in [0, 0.05) is 70.4 Å². The van der Waals surface area contributed by atoms with Gasteiger partial charge in [-0.1, -0.05) is 11.2 Å². The third-order valence-electron chi connectivity index (χ3n) is 7.17. The zero-order chi connectivity index (χ0) is 24.9. The Labute approximate surface area is 211 Å². The minimum atomic E-state index is -0.264. The fraction of sp³-hybridized carbons (Fsp3) is 0.481. The summed E-state index contributed by atoms with van der Waals surface area (Å²) in [7, 11) is 0. The summed E-state index contributed by atoms with van der Waals surface area (Å²) in [4.78, 5) is 28.7. The molecule has 0 saturated carbocycles. The van der Waals surface area contributed by atoms with Crippen molar-refractivity contribution in [2.75, 3.05) is 50.7 Å². The minimum absolute atomic E-state index is 0.136. The number of amides is 1. The van der Waals surface area contributed by atoms with Crippen LogP contribution in [0, 0.1) is 18.7 Å². The number of aromatic nitrogens is 3. The first-order valence-corrected chi connectivity index (χ1v) is 12.8. The van der Waals surface area contributed by atoms with Gasteiger partial charge < -0.3 is 14.3 Å². The summed E-state index contributed by atoms with van der Waals surface area (Å²) in [5.41, 5.74) is 1.23. The molecule has 36 heavy (non-hydrogen) atoms. The van der Waals surface area contributed by atoms with Crippen molar-refractivity contribution < 1.29 is 13.7 Å². The van der Waals surface area contributed by atoms with E-state index in [0.29, 0.717) is 41.6 Å². The summed E-state index contributed by atoms with van der Waals surface area (Å²) in [6.45, 7) is 8.36. The van der Waals surface area contributed by atoms with Crippen LogP contribution in [0.5, 0.6) is 0 Å².